The Bertz CT molecular complexity index is 1280. The Morgan fingerprint density at radius 1 is 0.950 bits per heavy atom. The normalized spacial score (nSPS) is 19.0. The molecule has 4 rings (SSSR count). The number of carbonyl (C=O) groups is 1. The molecule has 1 saturated heterocycles. The van der Waals surface area contributed by atoms with Crippen LogP contribution >= 0.6 is 0 Å². The second-order valence-electron chi connectivity index (χ2n) is 10.3. The Kier molecular flexibility index (Phi) is 8.06. The van der Waals surface area contributed by atoms with E-state index in [0.29, 0.717) is 44.1 Å². The molecule has 0 bridgehead atoms. The number of likely N-dealkylation sites (N-methyl/N-ethyl adjacent to an activating group) is 1. The zero-order valence-corrected chi connectivity index (χ0v) is 22.5. The lowest BCUT2D eigenvalue weighted by molar-refractivity contribution is -0.156. The molecule has 2 aliphatic rings. The largest absolute Gasteiger partial charge is 0.416 e. The average Bonchev–Trinajstić information content (AvgIpc) is 2.91. The Morgan fingerprint density at radius 2 is 1.50 bits per heavy atom. The fraction of sp³-hybridized carbons (Fsp3) is 0.429. The lowest BCUT2D eigenvalue weighted by Gasteiger charge is -2.47. The van der Waals surface area contributed by atoms with Gasteiger partial charge in [-0.2, -0.15) is 26.3 Å². The Morgan fingerprint density at radius 3 is 2.05 bits per heavy atom. The SMILES string of the molecule is Cc1ccccc1C1=CC=NC(N2CCOCC2)N1N(C)C(=O)C(C)(C)c1cc(C(F)(F)F)cc(C(F)(F)F)c1. The zero-order chi connectivity index (χ0) is 29.5. The predicted octanol–water partition coefficient (Wildman–Crippen LogP) is 5.73. The van der Waals surface area contributed by atoms with Gasteiger partial charge in [-0.25, -0.2) is 5.01 Å². The molecule has 40 heavy (non-hydrogen) atoms. The topological polar surface area (TPSA) is 48.4 Å². The highest BCUT2D eigenvalue weighted by Crippen LogP contribution is 2.40. The van der Waals surface area contributed by atoms with Crippen molar-refractivity contribution in [2.75, 3.05) is 33.4 Å². The van der Waals surface area contributed by atoms with Crippen LogP contribution in [-0.4, -0.2) is 66.7 Å². The molecular weight excluding hydrogens is 538 g/mol. The number of ether oxygens (including phenoxy) is 1. The number of benzene rings is 2. The van der Waals surface area contributed by atoms with Crippen molar-refractivity contribution in [1.82, 2.24) is 14.9 Å². The minimum atomic E-state index is -5.04. The molecule has 216 valence electrons. The number of morpholine rings is 1. The van der Waals surface area contributed by atoms with Crippen LogP contribution < -0.4 is 0 Å². The molecule has 0 radical (unpaired) electrons. The third-order valence-electron chi connectivity index (χ3n) is 7.17. The van der Waals surface area contributed by atoms with Gasteiger partial charge in [0, 0.05) is 31.9 Å². The quantitative estimate of drug-likeness (QED) is 0.433. The lowest BCUT2D eigenvalue weighted by atomic mass is 9.81. The molecule has 1 fully saturated rings. The van der Waals surface area contributed by atoms with E-state index in [1.807, 2.05) is 36.1 Å². The standard InChI is InChI=1S/C28H30F6N4O2/c1-18-7-5-6-8-22(18)23-9-10-35-25(37-11-13-40-14-12-37)38(23)36(4)24(39)26(2,3)19-15-20(27(29,30)31)17-21(16-19)28(32,33)34/h5-10,15-17,25H,11-14H2,1-4H3. The number of amides is 1. The van der Waals surface area contributed by atoms with Gasteiger partial charge in [0.15, 0.2) is 6.29 Å². The summed E-state index contributed by atoms with van der Waals surface area (Å²) in [6, 6.07) is 8.74. The first-order valence-electron chi connectivity index (χ1n) is 12.6. The average molecular weight is 569 g/mol. The van der Waals surface area contributed by atoms with Crippen molar-refractivity contribution >= 4 is 17.8 Å². The van der Waals surface area contributed by atoms with Crippen molar-refractivity contribution in [3.8, 4) is 0 Å². The lowest BCUT2D eigenvalue weighted by Crippen LogP contribution is -2.59. The molecule has 0 N–H and O–H groups in total. The summed E-state index contributed by atoms with van der Waals surface area (Å²) in [5, 5.41) is 2.87. The maximum atomic E-state index is 14.1. The summed E-state index contributed by atoms with van der Waals surface area (Å²) in [6.07, 6.45) is -7.41. The first-order chi connectivity index (χ1) is 18.6. The molecule has 12 heteroatoms. The van der Waals surface area contributed by atoms with Gasteiger partial charge in [0.25, 0.3) is 5.91 Å². The van der Waals surface area contributed by atoms with Crippen LogP contribution in [0.25, 0.3) is 5.70 Å². The number of aryl methyl sites for hydroxylation is 1. The third-order valence-corrected chi connectivity index (χ3v) is 7.17. The highest BCUT2D eigenvalue weighted by molar-refractivity contribution is 5.90. The third kappa shape index (κ3) is 5.87. The molecule has 2 aromatic carbocycles. The predicted molar refractivity (Wildman–Crippen MR) is 138 cm³/mol. The highest BCUT2D eigenvalue weighted by Gasteiger charge is 2.43. The van der Waals surface area contributed by atoms with Gasteiger partial charge in [-0.3, -0.25) is 19.7 Å². The van der Waals surface area contributed by atoms with Crippen LogP contribution in [-0.2, 0) is 27.3 Å². The van der Waals surface area contributed by atoms with Gasteiger partial charge < -0.3 is 4.74 Å². The van der Waals surface area contributed by atoms with Crippen molar-refractivity contribution in [2.24, 2.45) is 4.99 Å². The van der Waals surface area contributed by atoms with Gasteiger partial charge in [-0.05, 0) is 56.2 Å². The Balaban J connectivity index is 1.79. The second kappa shape index (κ2) is 10.9. The van der Waals surface area contributed by atoms with Gasteiger partial charge >= 0.3 is 12.4 Å². The molecular formula is C28H30F6N4O2. The number of hydrogen-bond acceptors (Lipinski definition) is 5. The van der Waals surface area contributed by atoms with E-state index in [1.165, 1.54) is 25.9 Å². The molecule has 1 atom stereocenters. The molecule has 1 amide bonds. The number of allylic oxidation sites excluding steroid dienone is 1. The van der Waals surface area contributed by atoms with Crippen molar-refractivity contribution in [2.45, 2.75) is 44.8 Å². The van der Waals surface area contributed by atoms with Crippen LogP contribution in [0.2, 0.25) is 0 Å². The summed E-state index contributed by atoms with van der Waals surface area (Å²) in [5.41, 5.74) is -2.83. The van der Waals surface area contributed by atoms with Gasteiger partial charge in [0.05, 0.1) is 35.5 Å². The van der Waals surface area contributed by atoms with E-state index in [-0.39, 0.29) is 6.07 Å². The number of rotatable bonds is 5. The molecule has 6 nitrogen and oxygen atoms in total. The van der Waals surface area contributed by atoms with E-state index in [4.69, 9.17) is 4.74 Å². The molecule has 2 aromatic rings. The van der Waals surface area contributed by atoms with E-state index in [0.717, 1.165) is 11.1 Å². The second-order valence-corrected chi connectivity index (χ2v) is 10.3. The molecule has 2 aliphatic heterocycles. The van der Waals surface area contributed by atoms with E-state index < -0.39 is 46.7 Å². The van der Waals surface area contributed by atoms with Crippen LogP contribution in [0.15, 0.2) is 53.5 Å². The van der Waals surface area contributed by atoms with Crippen molar-refractivity contribution in [1.29, 1.82) is 0 Å². The van der Waals surface area contributed by atoms with Crippen LogP contribution in [0.3, 0.4) is 0 Å². The van der Waals surface area contributed by atoms with Crippen molar-refractivity contribution < 1.29 is 35.9 Å². The monoisotopic (exact) mass is 568 g/mol. The minimum absolute atomic E-state index is 0.0562. The first kappa shape index (κ1) is 29.6. The van der Waals surface area contributed by atoms with Gasteiger partial charge in [-0.1, -0.05) is 24.3 Å². The van der Waals surface area contributed by atoms with E-state index in [9.17, 15) is 31.1 Å². The molecule has 2 heterocycles. The fourth-order valence-corrected chi connectivity index (χ4v) is 4.84. The van der Waals surface area contributed by atoms with E-state index >= 15 is 0 Å². The van der Waals surface area contributed by atoms with Gasteiger partial charge in [0.1, 0.15) is 0 Å². The minimum Gasteiger partial charge on any atom is -0.379 e. The summed E-state index contributed by atoms with van der Waals surface area (Å²) >= 11 is 0. The van der Waals surface area contributed by atoms with Crippen LogP contribution in [0.1, 0.15) is 41.7 Å². The number of hydrogen-bond donors (Lipinski definition) is 0. The molecule has 1 unspecified atom stereocenters. The van der Waals surface area contributed by atoms with Gasteiger partial charge in [-0.15, -0.1) is 0 Å². The number of carbonyl (C=O) groups excluding carboxylic acids is 1. The molecule has 0 saturated carbocycles. The number of nitrogens with zero attached hydrogens (tertiary/aromatic N) is 4. The molecule has 0 aromatic heterocycles. The number of alkyl halides is 6. The molecule has 0 spiro atoms. The van der Waals surface area contributed by atoms with E-state index in [2.05, 4.69) is 4.99 Å². The number of hydrazine groups is 1. The van der Waals surface area contributed by atoms with Crippen LogP contribution in [0.4, 0.5) is 26.3 Å². The zero-order valence-electron chi connectivity index (χ0n) is 22.5. The summed E-state index contributed by atoms with van der Waals surface area (Å²) in [6.45, 7) is 6.43. The number of aliphatic imine (C=N–C) groups is 1. The smallest absolute Gasteiger partial charge is 0.379 e. The first-order valence-corrected chi connectivity index (χ1v) is 12.6. The van der Waals surface area contributed by atoms with Crippen molar-refractivity contribution in [3.05, 3.63) is 76.4 Å². The van der Waals surface area contributed by atoms with Crippen molar-refractivity contribution in [3.63, 3.8) is 0 Å². The summed E-state index contributed by atoms with van der Waals surface area (Å²) in [7, 11) is 1.45. The summed E-state index contributed by atoms with van der Waals surface area (Å²) < 4.78 is 87.1. The Hall–Kier alpha value is -3.38. The summed E-state index contributed by atoms with van der Waals surface area (Å²) in [5.74, 6) is -0.713. The van der Waals surface area contributed by atoms with Crippen LogP contribution in [0, 0.1) is 6.92 Å². The highest BCUT2D eigenvalue weighted by atomic mass is 19.4. The molecule has 0 aliphatic carbocycles. The van der Waals surface area contributed by atoms with E-state index in [1.54, 1.807) is 17.3 Å². The number of halogens is 6. The summed E-state index contributed by atoms with van der Waals surface area (Å²) in [4.78, 5) is 20.7. The Labute approximate surface area is 228 Å². The van der Waals surface area contributed by atoms with Gasteiger partial charge in [0.2, 0.25) is 0 Å². The maximum Gasteiger partial charge on any atom is 0.416 e. The maximum absolute atomic E-state index is 14.1. The van der Waals surface area contributed by atoms with Crippen LogP contribution in [0.5, 0.6) is 0 Å². The fourth-order valence-electron chi connectivity index (χ4n) is 4.84.